The minimum atomic E-state index is -1.02. The van der Waals surface area contributed by atoms with Gasteiger partial charge in [-0.1, -0.05) is 48.0 Å². The fourth-order valence-corrected chi connectivity index (χ4v) is 1.84. The Bertz CT molecular complexity index is 509. The molecule has 0 heterocycles. The minimum Gasteiger partial charge on any atom is -0.490 e. The summed E-state index contributed by atoms with van der Waals surface area (Å²) < 4.78 is 5.57. The Morgan fingerprint density at radius 2 is 1.83 bits per heavy atom. The van der Waals surface area contributed by atoms with Gasteiger partial charge in [0.05, 0.1) is 0 Å². The van der Waals surface area contributed by atoms with E-state index in [1.165, 1.54) is 0 Å². The summed E-state index contributed by atoms with van der Waals surface area (Å²) in [5.41, 5.74) is -0.198. The summed E-state index contributed by atoms with van der Waals surface area (Å²) in [6, 6.07) is 16.6. The second kappa shape index (κ2) is 5.42. The van der Waals surface area contributed by atoms with Gasteiger partial charge in [-0.2, -0.15) is 0 Å². The van der Waals surface area contributed by atoms with E-state index in [2.05, 4.69) is 0 Å². The maximum absolute atomic E-state index is 10.4. The highest BCUT2D eigenvalue weighted by molar-refractivity contribution is 6.30. The summed E-state index contributed by atoms with van der Waals surface area (Å²) in [5.74, 6) is 0.652. The summed E-state index contributed by atoms with van der Waals surface area (Å²) >= 11 is 5.87. The maximum atomic E-state index is 10.4. The molecule has 0 aliphatic carbocycles. The fourth-order valence-electron chi connectivity index (χ4n) is 1.66. The van der Waals surface area contributed by atoms with Gasteiger partial charge in [0, 0.05) is 5.02 Å². The Balaban J connectivity index is 2.05. The molecule has 3 heteroatoms. The summed E-state index contributed by atoms with van der Waals surface area (Å²) in [4.78, 5) is 0. The number of rotatable bonds is 4. The van der Waals surface area contributed by atoms with E-state index < -0.39 is 5.60 Å². The van der Waals surface area contributed by atoms with E-state index in [0.717, 1.165) is 5.56 Å². The molecule has 1 atom stereocenters. The molecule has 0 aromatic heterocycles. The van der Waals surface area contributed by atoms with Crippen molar-refractivity contribution in [1.82, 2.24) is 0 Å². The predicted molar refractivity (Wildman–Crippen MR) is 73.0 cm³/mol. The van der Waals surface area contributed by atoms with Crippen LogP contribution in [0.4, 0.5) is 0 Å². The maximum Gasteiger partial charge on any atom is 0.121 e. The van der Waals surface area contributed by atoms with Crippen LogP contribution in [0.3, 0.4) is 0 Å². The van der Waals surface area contributed by atoms with Crippen LogP contribution in [0.2, 0.25) is 5.02 Å². The topological polar surface area (TPSA) is 29.5 Å². The fraction of sp³-hybridized carbons (Fsp3) is 0.200. The molecule has 94 valence electrons. The number of benzene rings is 2. The molecule has 0 saturated heterocycles. The normalized spacial score (nSPS) is 13.9. The number of hydrogen-bond acceptors (Lipinski definition) is 2. The van der Waals surface area contributed by atoms with E-state index in [1.807, 2.05) is 42.5 Å². The average Bonchev–Trinajstić information content (AvgIpc) is 2.38. The summed E-state index contributed by atoms with van der Waals surface area (Å²) in [7, 11) is 0. The zero-order valence-corrected chi connectivity index (χ0v) is 10.9. The van der Waals surface area contributed by atoms with Gasteiger partial charge in [-0.05, 0) is 30.7 Å². The number of ether oxygens (including phenoxy) is 1. The van der Waals surface area contributed by atoms with Crippen molar-refractivity contribution in [2.24, 2.45) is 0 Å². The molecule has 2 rings (SSSR count). The van der Waals surface area contributed by atoms with Crippen LogP contribution in [0.5, 0.6) is 5.75 Å². The molecule has 0 saturated carbocycles. The molecule has 1 N–H and O–H groups in total. The van der Waals surface area contributed by atoms with Crippen molar-refractivity contribution in [3.8, 4) is 5.75 Å². The van der Waals surface area contributed by atoms with Gasteiger partial charge in [-0.25, -0.2) is 0 Å². The van der Waals surface area contributed by atoms with E-state index in [9.17, 15) is 5.11 Å². The van der Waals surface area contributed by atoms with Crippen LogP contribution in [0.25, 0.3) is 0 Å². The Labute approximate surface area is 112 Å². The van der Waals surface area contributed by atoms with Crippen molar-refractivity contribution < 1.29 is 9.84 Å². The van der Waals surface area contributed by atoms with Crippen LogP contribution >= 0.6 is 11.6 Å². The van der Waals surface area contributed by atoms with E-state index in [4.69, 9.17) is 16.3 Å². The van der Waals surface area contributed by atoms with Gasteiger partial charge >= 0.3 is 0 Å². The quantitative estimate of drug-likeness (QED) is 0.912. The van der Waals surface area contributed by atoms with Gasteiger partial charge in [-0.3, -0.25) is 0 Å². The third-order valence-electron chi connectivity index (χ3n) is 2.71. The summed E-state index contributed by atoms with van der Waals surface area (Å²) in [6.07, 6.45) is 0. The molecule has 18 heavy (non-hydrogen) atoms. The van der Waals surface area contributed by atoms with Gasteiger partial charge in [-0.15, -0.1) is 0 Å². The zero-order chi connectivity index (χ0) is 13.0. The summed E-state index contributed by atoms with van der Waals surface area (Å²) in [6.45, 7) is 1.91. The van der Waals surface area contributed by atoms with Crippen molar-refractivity contribution in [3.05, 3.63) is 65.2 Å². The van der Waals surface area contributed by atoms with Crippen molar-refractivity contribution in [2.45, 2.75) is 12.5 Å². The van der Waals surface area contributed by atoms with E-state index >= 15 is 0 Å². The third-order valence-corrected chi connectivity index (χ3v) is 2.95. The number of aliphatic hydroxyl groups is 1. The molecule has 0 aliphatic rings. The Hall–Kier alpha value is -1.51. The van der Waals surface area contributed by atoms with Crippen LogP contribution < -0.4 is 4.74 Å². The van der Waals surface area contributed by atoms with Crippen LogP contribution in [-0.4, -0.2) is 11.7 Å². The molecule has 0 aliphatic heterocycles. The first-order valence-electron chi connectivity index (χ1n) is 5.74. The van der Waals surface area contributed by atoms with Gasteiger partial charge < -0.3 is 9.84 Å². The first-order valence-corrected chi connectivity index (χ1v) is 6.12. The van der Waals surface area contributed by atoms with Crippen LogP contribution in [-0.2, 0) is 5.60 Å². The molecular weight excluding hydrogens is 248 g/mol. The highest BCUT2D eigenvalue weighted by atomic mass is 35.5. The largest absolute Gasteiger partial charge is 0.490 e. The molecule has 2 aromatic rings. The molecule has 2 nitrogen and oxygen atoms in total. The molecular formula is C15H15ClO2. The van der Waals surface area contributed by atoms with Crippen molar-refractivity contribution in [2.75, 3.05) is 6.61 Å². The van der Waals surface area contributed by atoms with Crippen LogP contribution in [0.15, 0.2) is 54.6 Å². The molecule has 0 amide bonds. The number of hydrogen-bond donors (Lipinski definition) is 1. The lowest BCUT2D eigenvalue weighted by Crippen LogP contribution is -2.29. The second-order valence-electron chi connectivity index (χ2n) is 4.39. The Morgan fingerprint density at radius 3 is 2.50 bits per heavy atom. The van der Waals surface area contributed by atoms with Crippen molar-refractivity contribution in [1.29, 1.82) is 0 Å². The van der Waals surface area contributed by atoms with Gasteiger partial charge in [0.1, 0.15) is 18.0 Å². The SMILES string of the molecule is CC(O)(COc1cccc(Cl)c1)c1ccccc1. The van der Waals surface area contributed by atoms with E-state index in [-0.39, 0.29) is 6.61 Å². The van der Waals surface area contributed by atoms with Gasteiger partial charge in [0.15, 0.2) is 0 Å². The van der Waals surface area contributed by atoms with Crippen molar-refractivity contribution in [3.63, 3.8) is 0 Å². The van der Waals surface area contributed by atoms with Gasteiger partial charge in [0.25, 0.3) is 0 Å². The average molecular weight is 263 g/mol. The molecule has 1 unspecified atom stereocenters. The molecule has 2 aromatic carbocycles. The lowest BCUT2D eigenvalue weighted by Gasteiger charge is -2.24. The van der Waals surface area contributed by atoms with Crippen LogP contribution in [0, 0.1) is 0 Å². The predicted octanol–water partition coefficient (Wildman–Crippen LogP) is 3.63. The molecule has 0 fully saturated rings. The molecule has 0 spiro atoms. The third kappa shape index (κ3) is 3.25. The van der Waals surface area contributed by atoms with Gasteiger partial charge in [0.2, 0.25) is 0 Å². The zero-order valence-electron chi connectivity index (χ0n) is 10.1. The first-order chi connectivity index (χ1) is 8.58. The van der Waals surface area contributed by atoms with Crippen LogP contribution in [0.1, 0.15) is 12.5 Å². The highest BCUT2D eigenvalue weighted by Crippen LogP contribution is 2.23. The van der Waals surface area contributed by atoms with E-state index in [0.29, 0.717) is 10.8 Å². The van der Waals surface area contributed by atoms with Crippen molar-refractivity contribution >= 4 is 11.6 Å². The number of halogens is 1. The van der Waals surface area contributed by atoms with E-state index in [1.54, 1.807) is 19.1 Å². The minimum absolute atomic E-state index is 0.178. The lowest BCUT2D eigenvalue weighted by atomic mass is 9.97. The first kappa shape index (κ1) is 12.9. The lowest BCUT2D eigenvalue weighted by molar-refractivity contribution is 0.00760. The Morgan fingerprint density at radius 1 is 1.11 bits per heavy atom. The Kier molecular flexibility index (Phi) is 3.90. The second-order valence-corrected chi connectivity index (χ2v) is 4.82. The molecule has 0 radical (unpaired) electrons. The smallest absolute Gasteiger partial charge is 0.121 e. The molecule has 0 bridgehead atoms. The highest BCUT2D eigenvalue weighted by Gasteiger charge is 2.23. The summed E-state index contributed by atoms with van der Waals surface area (Å²) in [5, 5.41) is 11.0. The standard InChI is InChI=1S/C15H15ClO2/c1-15(17,12-6-3-2-4-7-12)11-18-14-9-5-8-13(16)10-14/h2-10,17H,11H2,1H3. The monoisotopic (exact) mass is 262 g/mol.